The van der Waals surface area contributed by atoms with Crippen molar-refractivity contribution in [1.82, 2.24) is 9.97 Å². The maximum atomic E-state index is 4.49. The van der Waals surface area contributed by atoms with Crippen molar-refractivity contribution in [2.24, 2.45) is 0 Å². The quantitative estimate of drug-likeness (QED) is 0.777. The van der Waals surface area contributed by atoms with E-state index in [1.54, 1.807) is 0 Å². The number of unbranched alkanes of at least 4 members (excludes halogenated alkanes) is 1. The summed E-state index contributed by atoms with van der Waals surface area (Å²) in [5.41, 5.74) is 3.19. The highest BCUT2D eigenvalue weighted by atomic mass is 15.1. The predicted octanol–water partition coefficient (Wildman–Crippen LogP) is 4.05. The van der Waals surface area contributed by atoms with E-state index in [1.807, 2.05) is 25.1 Å². The maximum Gasteiger partial charge on any atom is 0.229 e. The van der Waals surface area contributed by atoms with Crippen LogP contribution in [0, 0.1) is 13.8 Å². The summed E-state index contributed by atoms with van der Waals surface area (Å²) in [6.45, 7) is 7.17. The average molecular weight is 270 g/mol. The third-order valence-corrected chi connectivity index (χ3v) is 3.00. The fourth-order valence-corrected chi connectivity index (χ4v) is 1.87. The van der Waals surface area contributed by atoms with E-state index < -0.39 is 0 Å². The highest BCUT2D eigenvalue weighted by molar-refractivity contribution is 5.55. The van der Waals surface area contributed by atoms with Gasteiger partial charge in [0.25, 0.3) is 0 Å². The molecule has 0 saturated heterocycles. The highest BCUT2D eigenvalue weighted by Gasteiger charge is 2.02. The lowest BCUT2D eigenvalue weighted by Gasteiger charge is -2.09. The number of hydrogen-bond donors (Lipinski definition) is 2. The van der Waals surface area contributed by atoms with Crippen molar-refractivity contribution in [3.05, 3.63) is 41.6 Å². The highest BCUT2D eigenvalue weighted by Crippen LogP contribution is 2.16. The molecule has 0 atom stereocenters. The SMILES string of the molecule is CCCCNc1cc(C)nc(Nc2ccc(C)cc2)n1. The minimum Gasteiger partial charge on any atom is -0.370 e. The van der Waals surface area contributed by atoms with Gasteiger partial charge in [0.15, 0.2) is 0 Å². The van der Waals surface area contributed by atoms with E-state index >= 15 is 0 Å². The molecule has 4 nitrogen and oxygen atoms in total. The minimum atomic E-state index is 0.632. The number of rotatable bonds is 6. The topological polar surface area (TPSA) is 49.8 Å². The molecule has 1 heterocycles. The number of nitrogens with one attached hydrogen (secondary N) is 2. The van der Waals surface area contributed by atoms with Crippen molar-refractivity contribution in [3.8, 4) is 0 Å². The number of nitrogens with zero attached hydrogens (tertiary/aromatic N) is 2. The molecule has 0 radical (unpaired) electrons. The van der Waals surface area contributed by atoms with Crippen LogP contribution in [0.2, 0.25) is 0 Å². The van der Waals surface area contributed by atoms with Gasteiger partial charge in [0.2, 0.25) is 5.95 Å². The van der Waals surface area contributed by atoms with Gasteiger partial charge in [-0.3, -0.25) is 0 Å². The van der Waals surface area contributed by atoms with E-state index in [4.69, 9.17) is 0 Å². The number of hydrogen-bond acceptors (Lipinski definition) is 4. The first-order valence-corrected chi connectivity index (χ1v) is 7.10. The van der Waals surface area contributed by atoms with Crippen molar-refractivity contribution in [3.63, 3.8) is 0 Å². The Morgan fingerprint density at radius 3 is 2.50 bits per heavy atom. The summed E-state index contributed by atoms with van der Waals surface area (Å²) in [5, 5.41) is 6.57. The summed E-state index contributed by atoms with van der Waals surface area (Å²) in [6, 6.07) is 10.2. The van der Waals surface area contributed by atoms with Crippen molar-refractivity contribution >= 4 is 17.5 Å². The molecule has 2 aromatic rings. The van der Waals surface area contributed by atoms with Gasteiger partial charge in [-0.15, -0.1) is 0 Å². The number of benzene rings is 1. The smallest absolute Gasteiger partial charge is 0.229 e. The first-order chi connectivity index (χ1) is 9.67. The van der Waals surface area contributed by atoms with Gasteiger partial charge in [-0.2, -0.15) is 4.98 Å². The average Bonchev–Trinajstić information content (AvgIpc) is 2.41. The molecule has 0 aliphatic heterocycles. The van der Waals surface area contributed by atoms with E-state index in [1.165, 1.54) is 12.0 Å². The second-order valence-electron chi connectivity index (χ2n) is 4.99. The Hall–Kier alpha value is -2.10. The van der Waals surface area contributed by atoms with Crippen LogP contribution in [0.1, 0.15) is 31.0 Å². The Morgan fingerprint density at radius 2 is 1.80 bits per heavy atom. The van der Waals surface area contributed by atoms with Crippen molar-refractivity contribution in [2.75, 3.05) is 17.2 Å². The monoisotopic (exact) mass is 270 g/mol. The number of anilines is 3. The van der Waals surface area contributed by atoms with E-state index in [-0.39, 0.29) is 0 Å². The van der Waals surface area contributed by atoms with Crippen LogP contribution in [0.15, 0.2) is 30.3 Å². The molecule has 1 aromatic heterocycles. The Morgan fingerprint density at radius 1 is 1.05 bits per heavy atom. The lowest BCUT2D eigenvalue weighted by molar-refractivity contribution is 0.830. The van der Waals surface area contributed by atoms with Gasteiger partial charge in [-0.1, -0.05) is 31.0 Å². The van der Waals surface area contributed by atoms with Gasteiger partial charge in [0.05, 0.1) is 0 Å². The van der Waals surface area contributed by atoms with Crippen LogP contribution in [-0.2, 0) is 0 Å². The van der Waals surface area contributed by atoms with Crippen molar-refractivity contribution < 1.29 is 0 Å². The number of aryl methyl sites for hydroxylation is 2. The van der Waals surface area contributed by atoms with Crippen LogP contribution >= 0.6 is 0 Å². The summed E-state index contributed by atoms with van der Waals surface area (Å²) in [5.74, 6) is 1.51. The van der Waals surface area contributed by atoms with E-state index in [0.29, 0.717) is 5.95 Å². The second kappa shape index (κ2) is 6.89. The fourth-order valence-electron chi connectivity index (χ4n) is 1.87. The Labute approximate surface area is 120 Å². The third-order valence-electron chi connectivity index (χ3n) is 3.00. The van der Waals surface area contributed by atoms with Gasteiger partial charge in [0.1, 0.15) is 5.82 Å². The van der Waals surface area contributed by atoms with E-state index in [9.17, 15) is 0 Å². The van der Waals surface area contributed by atoms with Gasteiger partial charge in [0, 0.05) is 24.0 Å². The molecule has 0 aliphatic rings. The number of aromatic nitrogens is 2. The molecule has 4 heteroatoms. The molecule has 0 amide bonds. The zero-order chi connectivity index (χ0) is 14.4. The third kappa shape index (κ3) is 4.23. The van der Waals surface area contributed by atoms with Gasteiger partial charge < -0.3 is 10.6 Å². The van der Waals surface area contributed by atoms with Gasteiger partial charge in [-0.25, -0.2) is 4.98 Å². The minimum absolute atomic E-state index is 0.632. The molecule has 0 unspecified atom stereocenters. The summed E-state index contributed by atoms with van der Waals surface area (Å²) < 4.78 is 0. The van der Waals surface area contributed by atoms with E-state index in [2.05, 4.69) is 46.6 Å². The zero-order valence-corrected chi connectivity index (χ0v) is 12.4. The molecule has 0 fully saturated rings. The Balaban J connectivity index is 2.09. The molecule has 2 N–H and O–H groups in total. The van der Waals surface area contributed by atoms with Crippen molar-refractivity contribution in [2.45, 2.75) is 33.6 Å². The summed E-state index contributed by atoms with van der Waals surface area (Å²) in [7, 11) is 0. The van der Waals surface area contributed by atoms with Crippen LogP contribution in [0.25, 0.3) is 0 Å². The summed E-state index contributed by atoms with van der Waals surface area (Å²) in [6.07, 6.45) is 2.31. The van der Waals surface area contributed by atoms with Crippen LogP contribution in [0.4, 0.5) is 17.5 Å². The predicted molar refractivity (Wildman–Crippen MR) is 84.6 cm³/mol. The fraction of sp³-hybridized carbons (Fsp3) is 0.375. The van der Waals surface area contributed by atoms with Crippen LogP contribution in [0.5, 0.6) is 0 Å². The molecule has 0 spiro atoms. The standard InChI is InChI=1S/C16H22N4/c1-4-5-10-17-15-11-13(3)18-16(20-15)19-14-8-6-12(2)7-9-14/h6-9,11H,4-5,10H2,1-3H3,(H2,17,18,19,20). The van der Waals surface area contributed by atoms with E-state index in [0.717, 1.165) is 30.2 Å². The molecule has 0 saturated carbocycles. The Bertz CT molecular complexity index is 549. The Kier molecular flexibility index (Phi) is 4.93. The molecule has 106 valence electrons. The molecular formula is C16H22N4. The molecule has 2 rings (SSSR count). The molecule has 20 heavy (non-hydrogen) atoms. The molecule has 0 aliphatic carbocycles. The lowest BCUT2D eigenvalue weighted by atomic mass is 10.2. The van der Waals surface area contributed by atoms with Gasteiger partial charge in [-0.05, 0) is 32.4 Å². The molecule has 0 bridgehead atoms. The van der Waals surface area contributed by atoms with Crippen LogP contribution < -0.4 is 10.6 Å². The molecule has 1 aromatic carbocycles. The van der Waals surface area contributed by atoms with Crippen LogP contribution in [-0.4, -0.2) is 16.5 Å². The van der Waals surface area contributed by atoms with Crippen LogP contribution in [0.3, 0.4) is 0 Å². The lowest BCUT2D eigenvalue weighted by Crippen LogP contribution is -2.06. The first-order valence-electron chi connectivity index (χ1n) is 7.10. The summed E-state index contributed by atoms with van der Waals surface area (Å²) >= 11 is 0. The molecular weight excluding hydrogens is 248 g/mol. The second-order valence-corrected chi connectivity index (χ2v) is 4.99. The zero-order valence-electron chi connectivity index (χ0n) is 12.4. The van der Waals surface area contributed by atoms with Gasteiger partial charge >= 0.3 is 0 Å². The van der Waals surface area contributed by atoms with Crippen molar-refractivity contribution in [1.29, 1.82) is 0 Å². The first kappa shape index (κ1) is 14.3. The normalized spacial score (nSPS) is 10.3. The maximum absolute atomic E-state index is 4.49. The largest absolute Gasteiger partial charge is 0.370 e. The summed E-state index contributed by atoms with van der Waals surface area (Å²) in [4.78, 5) is 8.91.